The summed E-state index contributed by atoms with van der Waals surface area (Å²) in [5.74, 6) is 0.832. The summed E-state index contributed by atoms with van der Waals surface area (Å²) < 4.78 is 0. The van der Waals surface area contributed by atoms with Crippen molar-refractivity contribution in [1.82, 2.24) is 14.9 Å². The molecule has 1 unspecified atom stereocenters. The zero-order chi connectivity index (χ0) is 18.0. The Morgan fingerprint density at radius 2 is 2.04 bits per heavy atom. The van der Waals surface area contributed by atoms with Gasteiger partial charge >= 0.3 is 0 Å². The molecule has 0 radical (unpaired) electrons. The topological polar surface area (TPSA) is 49.3 Å². The van der Waals surface area contributed by atoms with Crippen LogP contribution in [-0.2, 0) is 4.79 Å². The normalized spacial score (nSPS) is 17.0. The van der Waals surface area contributed by atoms with Crippen molar-refractivity contribution in [1.29, 1.82) is 0 Å². The van der Waals surface area contributed by atoms with Crippen LogP contribution >= 0.6 is 11.6 Å². The van der Waals surface area contributed by atoms with E-state index in [1.165, 1.54) is 0 Å². The Balaban J connectivity index is 2.10. The first-order valence-electron chi connectivity index (χ1n) is 8.61. The molecule has 0 saturated carbocycles. The van der Waals surface area contributed by atoms with Crippen LogP contribution in [0.1, 0.15) is 37.9 Å². The molecule has 1 saturated heterocycles. The van der Waals surface area contributed by atoms with Crippen LogP contribution in [0.3, 0.4) is 0 Å². The largest absolute Gasteiger partial charge is 0.347 e. The van der Waals surface area contributed by atoms with Crippen molar-refractivity contribution in [3.63, 3.8) is 0 Å². The summed E-state index contributed by atoms with van der Waals surface area (Å²) in [4.78, 5) is 25.5. The van der Waals surface area contributed by atoms with Crippen LogP contribution in [0.5, 0.6) is 0 Å². The average Bonchev–Trinajstić information content (AvgIpc) is 3.11. The van der Waals surface area contributed by atoms with Gasteiger partial charge in [0.05, 0.1) is 11.7 Å². The number of nitrogens with zero attached hydrogens (tertiary/aromatic N) is 4. The Labute approximate surface area is 153 Å². The molecule has 0 aliphatic carbocycles. The molecule has 25 heavy (non-hydrogen) atoms. The summed E-state index contributed by atoms with van der Waals surface area (Å²) >= 11 is 6.03. The van der Waals surface area contributed by atoms with E-state index in [-0.39, 0.29) is 11.9 Å². The summed E-state index contributed by atoms with van der Waals surface area (Å²) in [7, 11) is 3.84. The van der Waals surface area contributed by atoms with E-state index < -0.39 is 0 Å². The van der Waals surface area contributed by atoms with Gasteiger partial charge in [-0.15, -0.1) is 0 Å². The third kappa shape index (κ3) is 3.61. The Kier molecular flexibility index (Phi) is 5.23. The van der Waals surface area contributed by atoms with Gasteiger partial charge in [-0.3, -0.25) is 4.79 Å². The van der Waals surface area contributed by atoms with Gasteiger partial charge in [-0.05, 0) is 30.5 Å². The van der Waals surface area contributed by atoms with Gasteiger partial charge in [-0.2, -0.15) is 0 Å². The smallest absolute Gasteiger partial charge is 0.225 e. The highest BCUT2D eigenvalue weighted by Crippen LogP contribution is 2.37. The lowest BCUT2D eigenvalue weighted by Gasteiger charge is -2.26. The van der Waals surface area contributed by atoms with Crippen LogP contribution in [0, 0.1) is 0 Å². The molecule has 1 aliphatic heterocycles. The van der Waals surface area contributed by atoms with E-state index in [0.717, 1.165) is 36.2 Å². The van der Waals surface area contributed by atoms with Crippen molar-refractivity contribution in [2.75, 3.05) is 25.5 Å². The first-order chi connectivity index (χ1) is 12.0. The van der Waals surface area contributed by atoms with Crippen molar-refractivity contribution < 1.29 is 4.79 Å². The quantitative estimate of drug-likeness (QED) is 0.830. The van der Waals surface area contributed by atoms with E-state index in [2.05, 4.69) is 4.98 Å². The lowest BCUT2D eigenvalue weighted by atomic mass is 10.00. The predicted octanol–water partition coefficient (Wildman–Crippen LogP) is 3.94. The molecule has 1 aromatic carbocycles. The fourth-order valence-electron chi connectivity index (χ4n) is 3.26. The average molecular weight is 359 g/mol. The van der Waals surface area contributed by atoms with Crippen LogP contribution in [0.15, 0.2) is 30.5 Å². The number of hydrogen-bond acceptors (Lipinski definition) is 4. The maximum absolute atomic E-state index is 12.4. The fourth-order valence-corrected chi connectivity index (χ4v) is 3.39. The standard InChI is InChI=1S/C19H23ClN4O/c1-4-17(25)24-11-5-6-16(24)18-15(12-21-19(22-18)23(2)3)13-7-9-14(20)10-8-13/h7-10,12,16H,4-6,11H2,1-3H3. The Hall–Kier alpha value is -2.14. The third-order valence-electron chi connectivity index (χ3n) is 4.55. The van der Waals surface area contributed by atoms with Crippen molar-refractivity contribution in [3.8, 4) is 11.1 Å². The number of carbonyl (C=O) groups excluding carboxylic acids is 1. The number of carbonyl (C=O) groups is 1. The summed E-state index contributed by atoms with van der Waals surface area (Å²) in [5.41, 5.74) is 2.89. The van der Waals surface area contributed by atoms with Crippen molar-refractivity contribution in [2.45, 2.75) is 32.2 Å². The number of anilines is 1. The second-order valence-electron chi connectivity index (χ2n) is 6.47. The zero-order valence-electron chi connectivity index (χ0n) is 14.9. The Morgan fingerprint density at radius 3 is 2.68 bits per heavy atom. The maximum atomic E-state index is 12.4. The van der Waals surface area contributed by atoms with Gasteiger partial charge < -0.3 is 9.80 Å². The molecule has 0 N–H and O–H groups in total. The minimum atomic E-state index is -0.000159. The number of likely N-dealkylation sites (tertiary alicyclic amines) is 1. The molecule has 1 fully saturated rings. The molecule has 1 aromatic heterocycles. The molecule has 5 nitrogen and oxygen atoms in total. The predicted molar refractivity (Wildman–Crippen MR) is 101 cm³/mol. The van der Waals surface area contributed by atoms with E-state index in [1.807, 2.05) is 61.3 Å². The highest BCUT2D eigenvalue weighted by molar-refractivity contribution is 6.30. The third-order valence-corrected chi connectivity index (χ3v) is 4.80. The van der Waals surface area contributed by atoms with Gasteiger partial charge in [0.2, 0.25) is 11.9 Å². The summed E-state index contributed by atoms with van der Waals surface area (Å²) in [6, 6.07) is 7.68. The molecule has 1 atom stereocenters. The van der Waals surface area contributed by atoms with Gasteiger partial charge in [0.25, 0.3) is 0 Å². The number of amides is 1. The number of halogens is 1. The highest BCUT2D eigenvalue weighted by Gasteiger charge is 2.32. The number of benzene rings is 1. The van der Waals surface area contributed by atoms with Crippen LogP contribution in [0.4, 0.5) is 5.95 Å². The molecule has 2 heterocycles. The highest BCUT2D eigenvalue weighted by atomic mass is 35.5. The van der Waals surface area contributed by atoms with Crippen LogP contribution < -0.4 is 4.90 Å². The molecule has 0 bridgehead atoms. The molecule has 6 heteroatoms. The van der Waals surface area contributed by atoms with Gasteiger partial charge in [0, 0.05) is 43.8 Å². The van der Waals surface area contributed by atoms with E-state index in [1.54, 1.807) is 0 Å². The Morgan fingerprint density at radius 1 is 1.32 bits per heavy atom. The maximum Gasteiger partial charge on any atom is 0.225 e. The minimum absolute atomic E-state index is 0.000159. The molecule has 1 aliphatic rings. The first kappa shape index (κ1) is 17.7. The lowest BCUT2D eigenvalue weighted by molar-refractivity contribution is -0.131. The SMILES string of the molecule is CCC(=O)N1CCCC1c1nc(N(C)C)ncc1-c1ccc(Cl)cc1. The Bertz CT molecular complexity index is 761. The number of hydrogen-bond donors (Lipinski definition) is 0. The summed E-state index contributed by atoms with van der Waals surface area (Å²) in [6.45, 7) is 2.70. The van der Waals surface area contributed by atoms with Gasteiger partial charge in [-0.25, -0.2) is 9.97 Å². The monoisotopic (exact) mass is 358 g/mol. The second-order valence-corrected chi connectivity index (χ2v) is 6.91. The van der Waals surface area contributed by atoms with E-state index in [4.69, 9.17) is 16.6 Å². The molecule has 132 valence electrons. The summed E-state index contributed by atoms with van der Waals surface area (Å²) in [5, 5.41) is 0.694. The molecule has 3 rings (SSSR count). The molecular formula is C19H23ClN4O. The van der Waals surface area contributed by atoms with Crippen molar-refractivity contribution in [2.24, 2.45) is 0 Å². The van der Waals surface area contributed by atoms with E-state index in [0.29, 0.717) is 17.4 Å². The van der Waals surface area contributed by atoms with Gasteiger partial charge in [0.1, 0.15) is 0 Å². The molecule has 0 spiro atoms. The van der Waals surface area contributed by atoms with Crippen LogP contribution in [0.25, 0.3) is 11.1 Å². The van der Waals surface area contributed by atoms with Crippen molar-refractivity contribution >= 4 is 23.5 Å². The fraction of sp³-hybridized carbons (Fsp3) is 0.421. The zero-order valence-corrected chi connectivity index (χ0v) is 15.6. The first-order valence-corrected chi connectivity index (χ1v) is 8.98. The van der Waals surface area contributed by atoms with Gasteiger partial charge in [-0.1, -0.05) is 30.7 Å². The summed E-state index contributed by atoms with van der Waals surface area (Å²) in [6.07, 6.45) is 4.29. The molecule has 2 aromatic rings. The molecular weight excluding hydrogens is 336 g/mol. The lowest BCUT2D eigenvalue weighted by Crippen LogP contribution is -2.31. The molecule has 1 amide bonds. The van der Waals surface area contributed by atoms with E-state index >= 15 is 0 Å². The number of aromatic nitrogens is 2. The van der Waals surface area contributed by atoms with Crippen LogP contribution in [0.2, 0.25) is 5.02 Å². The van der Waals surface area contributed by atoms with Crippen LogP contribution in [-0.4, -0.2) is 41.4 Å². The number of rotatable bonds is 4. The minimum Gasteiger partial charge on any atom is -0.347 e. The van der Waals surface area contributed by atoms with Gasteiger partial charge in [0.15, 0.2) is 0 Å². The van der Waals surface area contributed by atoms with Crippen molar-refractivity contribution in [3.05, 3.63) is 41.2 Å². The second kappa shape index (κ2) is 7.40. The van der Waals surface area contributed by atoms with E-state index in [9.17, 15) is 4.79 Å².